The van der Waals surface area contributed by atoms with Crippen molar-refractivity contribution in [2.75, 3.05) is 13.2 Å². The smallest absolute Gasteiger partial charge is 0.336 e. The third-order valence-electron chi connectivity index (χ3n) is 9.61. The highest BCUT2D eigenvalue weighted by Crippen LogP contribution is 2.34. The summed E-state index contributed by atoms with van der Waals surface area (Å²) < 4.78 is 12.1. The molecule has 1 aliphatic rings. The van der Waals surface area contributed by atoms with Gasteiger partial charge in [-0.2, -0.15) is 0 Å². The van der Waals surface area contributed by atoms with Crippen molar-refractivity contribution < 1.29 is 19.4 Å². The van der Waals surface area contributed by atoms with Gasteiger partial charge in [0.2, 0.25) is 0 Å². The number of carboxylic acids is 1. The summed E-state index contributed by atoms with van der Waals surface area (Å²) >= 11 is 0. The number of carboxylic acid groups (broad SMARTS) is 1. The summed E-state index contributed by atoms with van der Waals surface area (Å²) in [6.45, 7) is 5.94. The van der Waals surface area contributed by atoms with E-state index in [9.17, 15) is 9.90 Å². The molecule has 246 valence electrons. The van der Waals surface area contributed by atoms with Gasteiger partial charge in [0, 0.05) is 0 Å². The summed E-state index contributed by atoms with van der Waals surface area (Å²) in [6, 6.07) is 13.2. The Morgan fingerprint density at radius 2 is 1.09 bits per heavy atom. The average molecular weight is 607 g/mol. The molecule has 0 heterocycles. The van der Waals surface area contributed by atoms with Crippen molar-refractivity contribution in [1.82, 2.24) is 0 Å². The van der Waals surface area contributed by atoms with E-state index in [0.29, 0.717) is 17.7 Å². The first kappa shape index (κ1) is 36.0. The van der Waals surface area contributed by atoms with Crippen LogP contribution in [-0.2, 0) is 0 Å². The van der Waals surface area contributed by atoms with Gasteiger partial charge in [-0.15, -0.1) is 0 Å². The van der Waals surface area contributed by atoms with Crippen LogP contribution in [0, 0.1) is 11.8 Å². The molecule has 1 fully saturated rings. The number of hydrogen-bond acceptors (Lipinski definition) is 3. The second-order valence-electron chi connectivity index (χ2n) is 13.3. The summed E-state index contributed by atoms with van der Waals surface area (Å²) in [5.74, 6) is 2.48. The second-order valence-corrected chi connectivity index (χ2v) is 13.3. The molecule has 0 atom stereocenters. The Kier molecular flexibility index (Phi) is 18.1. The van der Waals surface area contributed by atoms with Crippen LogP contribution in [0.25, 0.3) is 11.1 Å². The van der Waals surface area contributed by atoms with Crippen LogP contribution in [-0.4, -0.2) is 24.3 Å². The van der Waals surface area contributed by atoms with E-state index in [4.69, 9.17) is 9.47 Å². The van der Waals surface area contributed by atoms with Gasteiger partial charge < -0.3 is 14.6 Å². The number of hydrogen-bond donors (Lipinski definition) is 1. The van der Waals surface area contributed by atoms with Gasteiger partial charge in [-0.05, 0) is 72.6 Å². The van der Waals surface area contributed by atoms with Gasteiger partial charge in [-0.3, -0.25) is 0 Å². The van der Waals surface area contributed by atoms with Gasteiger partial charge in [0.25, 0.3) is 0 Å². The molecular formula is C40H62O4. The maximum atomic E-state index is 12.0. The van der Waals surface area contributed by atoms with Crippen LogP contribution in [0.15, 0.2) is 42.5 Å². The average Bonchev–Trinajstić information content (AvgIpc) is 3.04. The van der Waals surface area contributed by atoms with E-state index in [1.54, 1.807) is 12.1 Å². The molecule has 0 radical (unpaired) electrons. The van der Waals surface area contributed by atoms with Crippen LogP contribution in [0.5, 0.6) is 11.5 Å². The van der Waals surface area contributed by atoms with Crippen LogP contribution < -0.4 is 9.47 Å². The van der Waals surface area contributed by atoms with Crippen LogP contribution in [0.1, 0.15) is 159 Å². The molecule has 1 saturated carbocycles. The Hall–Kier alpha value is -2.49. The van der Waals surface area contributed by atoms with E-state index in [1.165, 1.54) is 122 Å². The van der Waals surface area contributed by atoms with E-state index < -0.39 is 5.97 Å². The molecule has 1 N–H and O–H groups in total. The molecule has 1 aliphatic carbocycles. The van der Waals surface area contributed by atoms with Crippen molar-refractivity contribution in [3.05, 3.63) is 48.0 Å². The van der Waals surface area contributed by atoms with Gasteiger partial charge in [-0.1, -0.05) is 142 Å². The van der Waals surface area contributed by atoms with Crippen molar-refractivity contribution in [3.63, 3.8) is 0 Å². The third-order valence-corrected chi connectivity index (χ3v) is 9.61. The number of unbranched alkanes of at least 4 members (excludes halogenated alkanes) is 12. The maximum Gasteiger partial charge on any atom is 0.336 e. The minimum absolute atomic E-state index is 0.292. The van der Waals surface area contributed by atoms with E-state index in [2.05, 4.69) is 13.8 Å². The summed E-state index contributed by atoms with van der Waals surface area (Å²) in [5, 5.41) is 9.80. The molecule has 0 unspecified atom stereocenters. The molecule has 4 nitrogen and oxygen atoms in total. The van der Waals surface area contributed by atoms with E-state index >= 15 is 0 Å². The van der Waals surface area contributed by atoms with Gasteiger partial charge >= 0.3 is 5.97 Å². The summed E-state index contributed by atoms with van der Waals surface area (Å²) in [6.07, 6.45) is 27.9. The lowest BCUT2D eigenvalue weighted by atomic mass is 9.78. The van der Waals surface area contributed by atoms with E-state index in [0.717, 1.165) is 48.3 Å². The molecule has 4 heteroatoms. The van der Waals surface area contributed by atoms with Crippen LogP contribution in [0.3, 0.4) is 0 Å². The number of ether oxygens (including phenoxy) is 2. The fourth-order valence-electron chi connectivity index (χ4n) is 6.78. The van der Waals surface area contributed by atoms with Gasteiger partial charge in [0.05, 0.1) is 18.8 Å². The highest BCUT2D eigenvalue weighted by molar-refractivity contribution is 5.96. The molecule has 0 saturated heterocycles. The minimum Gasteiger partial charge on any atom is -0.494 e. The normalized spacial score (nSPS) is 16.6. The number of carbonyl (C=O) groups is 1. The quantitative estimate of drug-likeness (QED) is 0.121. The molecule has 2 aromatic carbocycles. The molecule has 2 aromatic rings. The zero-order valence-electron chi connectivity index (χ0n) is 28.1. The summed E-state index contributed by atoms with van der Waals surface area (Å²) in [4.78, 5) is 12.0. The Balaban J connectivity index is 1.35. The molecule has 0 aliphatic heterocycles. The highest BCUT2D eigenvalue weighted by atomic mass is 16.5. The first-order valence-corrected chi connectivity index (χ1v) is 18.3. The summed E-state index contributed by atoms with van der Waals surface area (Å²) in [7, 11) is 0. The monoisotopic (exact) mass is 606 g/mol. The fraction of sp³-hybridized carbons (Fsp3) is 0.675. The minimum atomic E-state index is -0.924. The number of rotatable bonds is 24. The molecular weight excluding hydrogens is 544 g/mol. The zero-order valence-corrected chi connectivity index (χ0v) is 28.1. The Morgan fingerprint density at radius 3 is 1.68 bits per heavy atom. The maximum absolute atomic E-state index is 12.0. The molecule has 3 rings (SSSR count). The highest BCUT2D eigenvalue weighted by Gasteiger charge is 2.20. The van der Waals surface area contributed by atoms with Gasteiger partial charge in [-0.25, -0.2) is 4.79 Å². The first-order valence-electron chi connectivity index (χ1n) is 18.3. The lowest BCUT2D eigenvalue weighted by molar-refractivity contribution is 0.0697. The van der Waals surface area contributed by atoms with E-state index in [1.807, 2.05) is 30.3 Å². The van der Waals surface area contributed by atoms with Gasteiger partial charge in [0.1, 0.15) is 11.5 Å². The first-order chi connectivity index (χ1) is 21.6. The number of aromatic carboxylic acids is 1. The Labute approximate surface area is 269 Å². The predicted octanol–water partition coefficient (Wildman–Crippen LogP) is 12.3. The lowest BCUT2D eigenvalue weighted by Crippen LogP contribution is -2.15. The SMILES string of the molecule is CCCCCCCCCCCOc1ccc(C(=O)O)c(-c2ccc(OCCCC3CCC(CCCCCCC)CC3)cc2)c1. The summed E-state index contributed by atoms with van der Waals surface area (Å²) in [5.41, 5.74) is 1.84. The predicted molar refractivity (Wildman–Crippen MR) is 185 cm³/mol. The van der Waals surface area contributed by atoms with Gasteiger partial charge in [0.15, 0.2) is 0 Å². The largest absolute Gasteiger partial charge is 0.494 e. The topological polar surface area (TPSA) is 55.8 Å². The van der Waals surface area contributed by atoms with Crippen LogP contribution in [0.2, 0.25) is 0 Å². The van der Waals surface area contributed by atoms with E-state index in [-0.39, 0.29) is 0 Å². The lowest BCUT2D eigenvalue weighted by Gasteiger charge is -2.28. The standard InChI is InChI=1S/C40H62O4/c1-3-5-7-9-10-11-12-14-16-30-44-37-28-29-38(40(41)42)39(32-37)35-24-26-36(27-25-35)43-31-17-19-34-22-20-33(21-23-34)18-15-13-8-6-4-2/h24-29,32-34H,3-23,30-31H2,1-2H3,(H,41,42). The molecule has 44 heavy (non-hydrogen) atoms. The van der Waals surface area contributed by atoms with Crippen molar-refractivity contribution in [2.24, 2.45) is 11.8 Å². The molecule has 0 bridgehead atoms. The van der Waals surface area contributed by atoms with Crippen molar-refractivity contribution >= 4 is 5.97 Å². The molecule has 0 aromatic heterocycles. The van der Waals surface area contributed by atoms with Crippen molar-refractivity contribution in [1.29, 1.82) is 0 Å². The van der Waals surface area contributed by atoms with Crippen molar-refractivity contribution in [3.8, 4) is 22.6 Å². The zero-order chi connectivity index (χ0) is 31.2. The van der Waals surface area contributed by atoms with Crippen LogP contribution >= 0.6 is 0 Å². The molecule has 0 spiro atoms. The number of benzene rings is 2. The second kappa shape index (κ2) is 22.1. The van der Waals surface area contributed by atoms with Crippen LogP contribution in [0.4, 0.5) is 0 Å². The fourth-order valence-corrected chi connectivity index (χ4v) is 6.78. The Bertz CT molecular complexity index is 1020. The Morgan fingerprint density at radius 1 is 0.614 bits per heavy atom. The molecule has 0 amide bonds. The van der Waals surface area contributed by atoms with Crippen molar-refractivity contribution in [2.45, 2.75) is 149 Å². The third kappa shape index (κ3) is 14.1.